The Labute approximate surface area is 68.8 Å². The van der Waals surface area contributed by atoms with E-state index in [2.05, 4.69) is 0 Å². The first-order valence-corrected chi connectivity index (χ1v) is 4.02. The van der Waals surface area contributed by atoms with E-state index in [4.69, 9.17) is 25.9 Å². The van der Waals surface area contributed by atoms with Crippen LogP contribution in [0.1, 0.15) is 0 Å². The second-order valence-corrected chi connectivity index (χ2v) is 2.48. The molecule has 11 heavy (non-hydrogen) atoms. The van der Waals surface area contributed by atoms with Gasteiger partial charge in [0.25, 0.3) is 0 Å². The monoisotopic (exact) mass is 234 g/mol. The lowest BCUT2D eigenvalue weighted by atomic mass is 15.8. The lowest BCUT2D eigenvalue weighted by Gasteiger charge is -1.68. The van der Waals surface area contributed by atoms with Gasteiger partial charge in [0.05, 0.1) is 0 Å². The molecule has 11 heteroatoms. The summed E-state index contributed by atoms with van der Waals surface area (Å²) in [6.45, 7) is 0. The molecule has 0 fully saturated rings. The van der Waals surface area contributed by atoms with Crippen LogP contribution in [-0.2, 0) is 21.0 Å². The molecule has 0 saturated carbocycles. The third kappa shape index (κ3) is 719000. The van der Waals surface area contributed by atoms with Crippen molar-refractivity contribution < 1.29 is 33.7 Å². The Morgan fingerprint density at radius 3 is 0.909 bits per heavy atom. The van der Waals surface area contributed by atoms with Crippen LogP contribution >= 0.6 is 13.5 Å². The molecule has 0 saturated heterocycles. The van der Waals surface area contributed by atoms with Crippen LogP contribution in [0.25, 0.3) is 0 Å². The average Bonchev–Trinajstić information content (AvgIpc) is 1.12. The lowest BCUT2D eigenvalue weighted by Crippen LogP contribution is -1.89. The molecule has 72 valence electrons. The van der Waals surface area contributed by atoms with Crippen LogP contribution in [0.2, 0.25) is 0 Å². The molecular weight excluding hydrogens is 230 g/mol. The summed E-state index contributed by atoms with van der Waals surface area (Å²) in [4.78, 5) is 0. The number of hydrogen-bond acceptors (Lipinski definition) is 4. The van der Waals surface area contributed by atoms with Gasteiger partial charge in [-0.2, -0.15) is 30.3 Å². The molecule has 0 atom stereocenters. The van der Waals surface area contributed by atoms with Crippen LogP contribution in [-0.4, -0.2) is 25.9 Å². The van der Waals surface area contributed by atoms with Gasteiger partial charge in [-0.25, -0.2) is 0 Å². The Morgan fingerprint density at radius 2 is 0.909 bits per heavy atom. The van der Waals surface area contributed by atoms with Gasteiger partial charge in [0.1, 0.15) is 0 Å². The van der Waals surface area contributed by atoms with Crippen LogP contribution in [0.3, 0.4) is 0 Å². The Hall–Kier alpha value is 0.0300. The van der Waals surface area contributed by atoms with E-state index in [1.54, 1.807) is 0 Å². The largest absolute Gasteiger partial charge is 0.476 e. The minimum absolute atomic E-state index is 0. The van der Waals surface area contributed by atoms with E-state index in [0.717, 1.165) is 0 Å². The van der Waals surface area contributed by atoms with E-state index < -0.39 is 21.0 Å². The molecule has 0 unspecified atom stereocenters. The quantitative estimate of drug-likeness (QED) is 0.437. The van der Waals surface area contributed by atoms with Crippen molar-refractivity contribution in [1.82, 2.24) is 0 Å². The molecule has 6 nitrogen and oxygen atoms in total. The van der Waals surface area contributed by atoms with Crippen molar-refractivity contribution >= 4 is 34.5 Å². The molecule has 0 spiro atoms. The number of rotatable bonds is 0. The second kappa shape index (κ2) is 5.65. The minimum atomic E-state index is -5.67. The number of hydrogen-bond donors (Lipinski definition) is 2. The predicted octanol–water partition coefficient (Wildman–Crippen LogP) is -0.370. The van der Waals surface area contributed by atoms with E-state index in [9.17, 15) is 7.77 Å². The molecule has 0 aromatic carbocycles. The fraction of sp³-hybridized carbons (Fsp3) is 0. The molecule has 0 amide bonds. The predicted molar refractivity (Wildman–Crippen MR) is 35.7 cm³/mol. The normalized spacial score (nSPS) is 10.5. The molecule has 0 aromatic heterocycles. The van der Waals surface area contributed by atoms with Crippen LogP contribution in [0.5, 0.6) is 0 Å². The summed E-state index contributed by atoms with van der Waals surface area (Å²) >= 11 is 0. The molecule has 0 bridgehead atoms. The molecule has 0 rings (SSSR count). The van der Waals surface area contributed by atoms with Gasteiger partial charge in [-0.05, 0) is 0 Å². The maximum Gasteiger partial charge on any atom is 0.476 e. The van der Waals surface area contributed by atoms with Crippen molar-refractivity contribution in [3.05, 3.63) is 0 Å². The van der Waals surface area contributed by atoms with E-state index >= 15 is 0 Å². The van der Waals surface area contributed by atoms with E-state index in [-0.39, 0.29) is 13.5 Å². The first-order valence-electron chi connectivity index (χ1n) is 1.34. The Balaban J connectivity index is -0.000000107. The van der Waals surface area contributed by atoms with E-state index in [0.29, 0.717) is 0 Å². The Bertz CT molecular complexity index is 212. The van der Waals surface area contributed by atoms with Gasteiger partial charge in [0, 0.05) is 0 Å². The highest BCUT2D eigenvalue weighted by Gasteiger charge is 1.94. The molecule has 0 aromatic rings. The summed E-state index contributed by atoms with van der Waals surface area (Å²) in [5.41, 5.74) is 0. The van der Waals surface area contributed by atoms with E-state index in [1.165, 1.54) is 0 Å². The van der Waals surface area contributed by atoms with Gasteiger partial charge >= 0.3 is 21.0 Å². The highest BCUT2D eigenvalue weighted by atomic mass is 32.3. The maximum atomic E-state index is 9.99. The van der Waals surface area contributed by atoms with Crippen molar-refractivity contribution in [3.63, 3.8) is 0 Å². The van der Waals surface area contributed by atoms with Gasteiger partial charge in [0.2, 0.25) is 0 Å². The average molecular weight is 234 g/mol. The van der Waals surface area contributed by atoms with Crippen molar-refractivity contribution in [2.24, 2.45) is 0 Å². The van der Waals surface area contributed by atoms with Gasteiger partial charge in [-0.15, -0.1) is 0 Å². The first-order chi connectivity index (χ1) is 4.00. The highest BCUT2D eigenvalue weighted by Crippen LogP contribution is 1.85. The zero-order valence-electron chi connectivity index (χ0n) is 4.60. The van der Waals surface area contributed by atoms with Crippen LogP contribution < -0.4 is 0 Å². The third-order valence-electron chi connectivity index (χ3n) is 0. The summed E-state index contributed by atoms with van der Waals surface area (Å²) in [5.74, 6) is 0. The molecule has 0 aliphatic carbocycles. The Morgan fingerprint density at radius 1 is 0.909 bits per heavy atom. The van der Waals surface area contributed by atoms with Gasteiger partial charge in [-0.3, -0.25) is 9.11 Å². The Kier molecular flexibility index (Phi) is 8.84. The summed E-state index contributed by atoms with van der Waals surface area (Å²) in [6.07, 6.45) is 0. The van der Waals surface area contributed by atoms with Crippen LogP contribution in [0.15, 0.2) is 0 Å². The zero-order valence-corrected chi connectivity index (χ0v) is 7.23. The fourth-order valence-electron chi connectivity index (χ4n) is 0. The molecule has 0 heterocycles. The van der Waals surface area contributed by atoms with Gasteiger partial charge in [-0.1, -0.05) is 7.77 Å². The molecule has 0 radical (unpaired) electrons. The first kappa shape index (κ1) is 17.2. The number of halogens is 2. The zero-order chi connectivity index (χ0) is 9.00. The second-order valence-electron chi connectivity index (χ2n) is 0.826. The minimum Gasteiger partial charge on any atom is -0.264 e. The lowest BCUT2D eigenvalue weighted by molar-refractivity contribution is 0.381. The SMILES string of the molecule is O=S(=O)(F)F.O=S(=O)(O)O.S. The summed E-state index contributed by atoms with van der Waals surface area (Å²) in [7, 11) is -10.3. The highest BCUT2D eigenvalue weighted by molar-refractivity contribution is 7.81. The summed E-state index contributed by atoms with van der Waals surface area (Å²) in [5, 5.41) is 0. The maximum absolute atomic E-state index is 9.99. The topological polar surface area (TPSA) is 109 Å². The van der Waals surface area contributed by atoms with Crippen molar-refractivity contribution in [2.75, 3.05) is 0 Å². The van der Waals surface area contributed by atoms with Gasteiger partial charge in [0.15, 0.2) is 0 Å². The van der Waals surface area contributed by atoms with Gasteiger partial charge < -0.3 is 0 Å². The van der Waals surface area contributed by atoms with Crippen LogP contribution in [0.4, 0.5) is 7.77 Å². The van der Waals surface area contributed by atoms with E-state index in [1.807, 2.05) is 0 Å². The molecule has 0 aliphatic heterocycles. The summed E-state index contributed by atoms with van der Waals surface area (Å²) < 4.78 is 68.2. The van der Waals surface area contributed by atoms with Crippen molar-refractivity contribution in [2.45, 2.75) is 0 Å². The smallest absolute Gasteiger partial charge is 0.264 e. The third-order valence-corrected chi connectivity index (χ3v) is 0. The standard InChI is InChI=1S/F2O2S.H2O4S.H2S/c2*1-5(2,3)4;/h;(H2,1,2,3,4);1H2. The van der Waals surface area contributed by atoms with Crippen molar-refractivity contribution in [1.29, 1.82) is 0 Å². The van der Waals surface area contributed by atoms with Crippen molar-refractivity contribution in [3.8, 4) is 0 Å². The summed E-state index contributed by atoms with van der Waals surface area (Å²) in [6, 6.07) is 0. The molecular formula is H4F2O6S3. The molecule has 0 aliphatic rings. The fourth-order valence-corrected chi connectivity index (χ4v) is 0. The van der Waals surface area contributed by atoms with Crippen LogP contribution in [0, 0.1) is 0 Å². The molecule has 2 N–H and O–H groups in total.